The highest BCUT2D eigenvalue weighted by Gasteiger charge is 2.18. The fourth-order valence-electron chi connectivity index (χ4n) is 2.89. The van der Waals surface area contributed by atoms with Crippen LogP contribution < -0.4 is 10.6 Å². The molecule has 0 saturated carbocycles. The highest BCUT2D eigenvalue weighted by molar-refractivity contribution is 5.94. The van der Waals surface area contributed by atoms with Gasteiger partial charge in [-0.15, -0.1) is 0 Å². The van der Waals surface area contributed by atoms with Gasteiger partial charge in [0.25, 0.3) is 0 Å². The van der Waals surface area contributed by atoms with Crippen LogP contribution in [-0.4, -0.2) is 35.7 Å². The molecule has 0 radical (unpaired) electrons. The Balaban J connectivity index is 1.81. The predicted molar refractivity (Wildman–Crippen MR) is 101 cm³/mol. The smallest absolute Gasteiger partial charge is 0.243 e. The highest BCUT2D eigenvalue weighted by Crippen LogP contribution is 2.17. The lowest BCUT2D eigenvalue weighted by molar-refractivity contribution is -0.133. The molecule has 1 aromatic carbocycles. The van der Waals surface area contributed by atoms with Crippen LogP contribution in [-0.2, 0) is 20.9 Å². The molecule has 26 heavy (non-hydrogen) atoms. The number of carbonyl (C=O) groups is 3. The summed E-state index contributed by atoms with van der Waals surface area (Å²) in [5, 5.41) is 5.43. The van der Waals surface area contributed by atoms with E-state index in [1.165, 1.54) is 0 Å². The maximum Gasteiger partial charge on any atom is 0.243 e. The Kier molecular flexibility index (Phi) is 7.63. The van der Waals surface area contributed by atoms with Crippen molar-refractivity contribution < 1.29 is 14.4 Å². The topological polar surface area (TPSA) is 78.5 Å². The van der Waals surface area contributed by atoms with Crippen LogP contribution in [0.4, 0.5) is 5.69 Å². The van der Waals surface area contributed by atoms with Gasteiger partial charge >= 0.3 is 0 Å². The molecule has 142 valence electrons. The molecule has 0 unspecified atom stereocenters. The Bertz CT molecular complexity index is 643. The van der Waals surface area contributed by atoms with Gasteiger partial charge in [-0.1, -0.05) is 26.0 Å². The number of nitrogens with one attached hydrogen (secondary N) is 2. The minimum absolute atomic E-state index is 0.0359. The summed E-state index contributed by atoms with van der Waals surface area (Å²) in [6.07, 6.45) is 3.87. The van der Waals surface area contributed by atoms with Gasteiger partial charge in [0.05, 0.1) is 6.54 Å². The third-order valence-corrected chi connectivity index (χ3v) is 4.40. The van der Waals surface area contributed by atoms with Gasteiger partial charge in [0.15, 0.2) is 0 Å². The van der Waals surface area contributed by atoms with Crippen molar-refractivity contribution in [1.82, 2.24) is 10.2 Å². The second kappa shape index (κ2) is 9.94. The van der Waals surface area contributed by atoms with Crippen molar-refractivity contribution in [2.75, 3.05) is 18.4 Å². The number of hydrogen-bond donors (Lipinski definition) is 2. The van der Waals surface area contributed by atoms with Crippen LogP contribution in [0.5, 0.6) is 0 Å². The Hall–Kier alpha value is -2.37. The maximum atomic E-state index is 12.0. The van der Waals surface area contributed by atoms with Crippen molar-refractivity contribution in [2.45, 2.75) is 52.5 Å². The van der Waals surface area contributed by atoms with Gasteiger partial charge < -0.3 is 15.5 Å². The van der Waals surface area contributed by atoms with Gasteiger partial charge in [-0.25, -0.2) is 0 Å². The van der Waals surface area contributed by atoms with E-state index in [1.807, 2.05) is 23.1 Å². The van der Waals surface area contributed by atoms with Crippen LogP contribution in [0, 0.1) is 5.92 Å². The largest absolute Gasteiger partial charge is 0.347 e. The van der Waals surface area contributed by atoms with Gasteiger partial charge in [0.2, 0.25) is 17.7 Å². The highest BCUT2D eigenvalue weighted by atomic mass is 16.2. The molecule has 1 aliphatic rings. The molecular weight excluding hydrogens is 330 g/mol. The molecule has 2 rings (SSSR count). The van der Waals surface area contributed by atoms with Crippen molar-refractivity contribution in [3.05, 3.63) is 29.8 Å². The van der Waals surface area contributed by atoms with Crippen LogP contribution in [0.15, 0.2) is 24.3 Å². The average molecular weight is 359 g/mol. The van der Waals surface area contributed by atoms with Crippen molar-refractivity contribution in [3.63, 3.8) is 0 Å². The summed E-state index contributed by atoms with van der Waals surface area (Å²) in [5.74, 6) is 0.291. The molecule has 1 fully saturated rings. The molecule has 0 atom stereocenters. The molecule has 6 nitrogen and oxygen atoms in total. The standard InChI is InChI=1S/C20H29N3O3/c1-15(2)9-10-18(24)21-13-19(25)22-17-7-5-6-16(12-17)14-23-11-4-3-8-20(23)26/h5-7,12,15H,3-4,8-11,13-14H2,1-2H3,(H,21,24)(H,22,25). The predicted octanol–water partition coefficient (Wildman–Crippen LogP) is 2.69. The van der Waals surface area contributed by atoms with Crippen molar-refractivity contribution >= 4 is 23.4 Å². The third-order valence-electron chi connectivity index (χ3n) is 4.40. The first-order chi connectivity index (χ1) is 12.4. The Labute approximate surface area is 155 Å². The van der Waals surface area contributed by atoms with E-state index in [9.17, 15) is 14.4 Å². The first-order valence-electron chi connectivity index (χ1n) is 9.37. The summed E-state index contributed by atoms with van der Waals surface area (Å²) in [6, 6.07) is 7.49. The molecule has 6 heteroatoms. The van der Waals surface area contributed by atoms with Crippen LogP contribution in [0.1, 0.15) is 51.5 Å². The number of carbonyl (C=O) groups excluding carboxylic acids is 3. The van der Waals surface area contributed by atoms with Gasteiger partial charge in [-0.05, 0) is 42.9 Å². The first kappa shape index (κ1) is 19.9. The minimum Gasteiger partial charge on any atom is -0.347 e. The zero-order valence-electron chi connectivity index (χ0n) is 15.7. The number of likely N-dealkylation sites (tertiary alicyclic amines) is 1. The number of nitrogens with zero attached hydrogens (tertiary/aromatic N) is 1. The normalized spacial score (nSPS) is 14.4. The molecule has 2 N–H and O–H groups in total. The van der Waals surface area contributed by atoms with Gasteiger partial charge in [-0.3, -0.25) is 14.4 Å². The lowest BCUT2D eigenvalue weighted by Gasteiger charge is -2.26. The fraction of sp³-hybridized carbons (Fsp3) is 0.550. The van der Waals surface area contributed by atoms with Crippen LogP contribution in [0.25, 0.3) is 0 Å². The molecular formula is C20H29N3O3. The number of piperidine rings is 1. The fourth-order valence-corrected chi connectivity index (χ4v) is 2.89. The van der Waals surface area contributed by atoms with Gasteiger partial charge in [-0.2, -0.15) is 0 Å². The number of benzene rings is 1. The zero-order chi connectivity index (χ0) is 18.9. The molecule has 1 saturated heterocycles. The molecule has 1 aromatic rings. The molecule has 0 bridgehead atoms. The van der Waals surface area contributed by atoms with E-state index >= 15 is 0 Å². The Morgan fingerprint density at radius 2 is 2.00 bits per heavy atom. The summed E-state index contributed by atoms with van der Waals surface area (Å²) in [6.45, 7) is 5.44. The lowest BCUT2D eigenvalue weighted by Crippen LogP contribution is -2.34. The molecule has 1 aliphatic heterocycles. The number of hydrogen-bond acceptors (Lipinski definition) is 3. The number of anilines is 1. The van der Waals surface area contributed by atoms with Crippen molar-refractivity contribution in [3.8, 4) is 0 Å². The summed E-state index contributed by atoms with van der Waals surface area (Å²) < 4.78 is 0. The molecule has 0 aliphatic carbocycles. The van der Waals surface area contributed by atoms with E-state index in [0.717, 1.165) is 31.4 Å². The van der Waals surface area contributed by atoms with E-state index in [-0.39, 0.29) is 24.3 Å². The Morgan fingerprint density at radius 1 is 1.19 bits per heavy atom. The van der Waals surface area contributed by atoms with Gasteiger partial charge in [0.1, 0.15) is 0 Å². The summed E-state index contributed by atoms with van der Waals surface area (Å²) >= 11 is 0. The lowest BCUT2D eigenvalue weighted by atomic mass is 10.1. The van der Waals surface area contributed by atoms with E-state index in [4.69, 9.17) is 0 Å². The maximum absolute atomic E-state index is 12.0. The minimum atomic E-state index is -0.255. The van der Waals surface area contributed by atoms with Crippen LogP contribution in [0.3, 0.4) is 0 Å². The summed E-state index contributed by atoms with van der Waals surface area (Å²) in [4.78, 5) is 37.5. The summed E-state index contributed by atoms with van der Waals surface area (Å²) in [5.41, 5.74) is 1.66. The first-order valence-corrected chi connectivity index (χ1v) is 9.37. The van der Waals surface area contributed by atoms with Crippen LogP contribution in [0.2, 0.25) is 0 Å². The van der Waals surface area contributed by atoms with E-state index in [1.54, 1.807) is 6.07 Å². The number of rotatable bonds is 8. The zero-order valence-corrected chi connectivity index (χ0v) is 15.7. The summed E-state index contributed by atoms with van der Waals surface area (Å²) in [7, 11) is 0. The molecule has 0 spiro atoms. The van der Waals surface area contributed by atoms with Crippen molar-refractivity contribution in [2.24, 2.45) is 5.92 Å². The van der Waals surface area contributed by atoms with E-state index in [2.05, 4.69) is 24.5 Å². The average Bonchev–Trinajstić information content (AvgIpc) is 2.60. The SMILES string of the molecule is CC(C)CCC(=O)NCC(=O)Nc1cccc(CN2CCCCC2=O)c1. The Morgan fingerprint density at radius 3 is 2.73 bits per heavy atom. The van der Waals surface area contributed by atoms with Crippen LogP contribution >= 0.6 is 0 Å². The quantitative estimate of drug-likeness (QED) is 0.749. The third kappa shape index (κ3) is 6.86. The van der Waals surface area contributed by atoms with Gasteiger partial charge in [0, 0.05) is 31.6 Å². The second-order valence-corrected chi connectivity index (χ2v) is 7.23. The van der Waals surface area contributed by atoms with E-state index in [0.29, 0.717) is 31.0 Å². The monoisotopic (exact) mass is 359 g/mol. The molecule has 0 aromatic heterocycles. The molecule has 1 heterocycles. The van der Waals surface area contributed by atoms with Crippen molar-refractivity contribution in [1.29, 1.82) is 0 Å². The molecule has 3 amide bonds. The number of amides is 3. The van der Waals surface area contributed by atoms with E-state index < -0.39 is 0 Å². The second-order valence-electron chi connectivity index (χ2n) is 7.23.